The fourth-order valence-electron chi connectivity index (χ4n) is 2.00. The van der Waals surface area contributed by atoms with Gasteiger partial charge in [0.15, 0.2) is 0 Å². The van der Waals surface area contributed by atoms with Crippen molar-refractivity contribution in [2.75, 3.05) is 5.73 Å². The van der Waals surface area contributed by atoms with E-state index in [-0.39, 0.29) is 5.56 Å². The van der Waals surface area contributed by atoms with Crippen molar-refractivity contribution < 1.29 is 0 Å². The van der Waals surface area contributed by atoms with Crippen molar-refractivity contribution in [3.05, 3.63) is 40.2 Å². The summed E-state index contributed by atoms with van der Waals surface area (Å²) in [5, 5.41) is 1.03. The summed E-state index contributed by atoms with van der Waals surface area (Å²) in [5.74, 6) is 0. The lowest BCUT2D eigenvalue weighted by molar-refractivity contribution is 0.675. The number of nitrogen functional groups attached to an aromatic ring is 1. The van der Waals surface area contributed by atoms with Gasteiger partial charge in [-0.25, -0.2) is 0 Å². The summed E-state index contributed by atoms with van der Waals surface area (Å²) in [6.07, 6.45) is 0.947. The van der Waals surface area contributed by atoms with Crippen molar-refractivity contribution in [2.45, 2.75) is 26.8 Å². The minimum atomic E-state index is 0.0964. The molecule has 0 unspecified atom stereocenters. The first-order chi connectivity index (χ1) is 7.63. The fourth-order valence-corrected chi connectivity index (χ4v) is 2.00. The Bertz CT molecular complexity index is 584. The van der Waals surface area contributed by atoms with Crippen LogP contribution in [0.5, 0.6) is 0 Å². The molecule has 1 aromatic carbocycles. The van der Waals surface area contributed by atoms with E-state index in [0.29, 0.717) is 0 Å². The Morgan fingerprint density at radius 1 is 1.31 bits per heavy atom. The van der Waals surface area contributed by atoms with E-state index in [1.165, 1.54) is 0 Å². The van der Waals surface area contributed by atoms with Crippen molar-refractivity contribution in [3.8, 4) is 0 Å². The molecular weight excluding hydrogens is 200 g/mol. The van der Waals surface area contributed by atoms with Crippen molar-refractivity contribution in [1.29, 1.82) is 0 Å². The molecule has 0 spiro atoms. The van der Waals surface area contributed by atoms with Gasteiger partial charge in [0.05, 0.1) is 5.52 Å². The molecule has 0 bridgehead atoms. The minimum absolute atomic E-state index is 0.0964. The van der Waals surface area contributed by atoms with Crippen molar-refractivity contribution in [1.82, 2.24) is 4.57 Å². The zero-order valence-corrected chi connectivity index (χ0v) is 9.66. The number of hydrogen-bond donors (Lipinski definition) is 1. The third-order valence-corrected chi connectivity index (χ3v) is 2.74. The summed E-state index contributed by atoms with van der Waals surface area (Å²) < 4.78 is 1.82. The van der Waals surface area contributed by atoms with Crippen LogP contribution in [0.4, 0.5) is 5.69 Å². The first-order valence-electron chi connectivity index (χ1n) is 5.53. The maximum atomic E-state index is 12.0. The number of nitrogens with two attached hydrogens (primary N) is 1. The van der Waals surface area contributed by atoms with Gasteiger partial charge < -0.3 is 10.3 Å². The first kappa shape index (κ1) is 10.7. The van der Waals surface area contributed by atoms with E-state index in [1.54, 1.807) is 0 Å². The second-order valence-corrected chi connectivity index (χ2v) is 4.10. The quantitative estimate of drug-likeness (QED) is 0.783. The van der Waals surface area contributed by atoms with Crippen LogP contribution < -0.4 is 11.3 Å². The van der Waals surface area contributed by atoms with Gasteiger partial charge in [-0.15, -0.1) is 0 Å². The van der Waals surface area contributed by atoms with Gasteiger partial charge in [-0.2, -0.15) is 0 Å². The van der Waals surface area contributed by atoms with Crippen LogP contribution in [0.25, 0.3) is 10.9 Å². The zero-order chi connectivity index (χ0) is 11.7. The molecule has 3 nitrogen and oxygen atoms in total. The number of aromatic nitrogens is 1. The highest BCUT2D eigenvalue weighted by atomic mass is 16.1. The van der Waals surface area contributed by atoms with E-state index in [2.05, 4.69) is 6.92 Å². The van der Waals surface area contributed by atoms with E-state index in [1.807, 2.05) is 35.8 Å². The van der Waals surface area contributed by atoms with Gasteiger partial charge in [0.2, 0.25) is 0 Å². The highest BCUT2D eigenvalue weighted by Crippen LogP contribution is 2.17. The second-order valence-electron chi connectivity index (χ2n) is 4.10. The van der Waals surface area contributed by atoms with E-state index in [0.717, 1.165) is 35.1 Å². The average molecular weight is 216 g/mol. The van der Waals surface area contributed by atoms with Crippen molar-refractivity contribution in [3.63, 3.8) is 0 Å². The lowest BCUT2D eigenvalue weighted by atomic mass is 10.1. The molecule has 1 aromatic heterocycles. The molecule has 0 aliphatic rings. The van der Waals surface area contributed by atoms with Crippen LogP contribution in [-0.4, -0.2) is 4.57 Å². The summed E-state index contributed by atoms with van der Waals surface area (Å²) >= 11 is 0. The molecule has 0 saturated heterocycles. The van der Waals surface area contributed by atoms with Crippen molar-refractivity contribution >= 4 is 16.6 Å². The molecule has 2 rings (SSSR count). The normalized spacial score (nSPS) is 10.9. The van der Waals surface area contributed by atoms with E-state index < -0.39 is 0 Å². The monoisotopic (exact) mass is 216 g/mol. The molecule has 2 aromatic rings. The molecule has 1 heterocycles. The predicted octanol–water partition coefficient (Wildman–Crippen LogP) is 2.30. The third-order valence-electron chi connectivity index (χ3n) is 2.74. The zero-order valence-electron chi connectivity index (χ0n) is 9.66. The average Bonchev–Trinajstić information content (AvgIpc) is 2.24. The van der Waals surface area contributed by atoms with E-state index in [9.17, 15) is 4.79 Å². The number of fused-ring (bicyclic) bond motifs is 1. The molecule has 0 amide bonds. The van der Waals surface area contributed by atoms with E-state index >= 15 is 0 Å². The SMILES string of the molecule is CCCn1c(=O)c(C)cc2cc(N)ccc21. The van der Waals surface area contributed by atoms with Gasteiger partial charge in [0, 0.05) is 23.2 Å². The van der Waals surface area contributed by atoms with Crippen molar-refractivity contribution in [2.24, 2.45) is 0 Å². The molecular formula is C13H16N2O. The number of rotatable bonds is 2. The fraction of sp³-hybridized carbons (Fsp3) is 0.308. The largest absolute Gasteiger partial charge is 0.399 e. The second kappa shape index (κ2) is 4.00. The first-order valence-corrected chi connectivity index (χ1v) is 5.53. The van der Waals surface area contributed by atoms with Crippen LogP contribution in [0, 0.1) is 6.92 Å². The number of nitrogens with zero attached hydrogens (tertiary/aromatic N) is 1. The Labute approximate surface area is 94.5 Å². The molecule has 2 N–H and O–H groups in total. The van der Waals surface area contributed by atoms with Gasteiger partial charge in [-0.05, 0) is 37.6 Å². The summed E-state index contributed by atoms with van der Waals surface area (Å²) in [5.41, 5.74) is 8.31. The van der Waals surface area contributed by atoms with Crippen LogP contribution in [0.15, 0.2) is 29.1 Å². The van der Waals surface area contributed by atoms with Gasteiger partial charge >= 0.3 is 0 Å². The molecule has 84 valence electrons. The molecule has 3 heteroatoms. The number of benzene rings is 1. The van der Waals surface area contributed by atoms with Gasteiger partial charge in [-0.1, -0.05) is 6.92 Å². The summed E-state index contributed by atoms with van der Waals surface area (Å²) in [6, 6.07) is 7.57. The van der Waals surface area contributed by atoms with Crippen LogP contribution in [0.3, 0.4) is 0 Å². The molecule has 0 aliphatic heterocycles. The number of pyridine rings is 1. The van der Waals surface area contributed by atoms with Crippen LogP contribution in [0.2, 0.25) is 0 Å². The predicted molar refractivity (Wildman–Crippen MR) is 67.6 cm³/mol. The summed E-state index contributed by atoms with van der Waals surface area (Å²) in [4.78, 5) is 12.0. The third kappa shape index (κ3) is 1.69. The smallest absolute Gasteiger partial charge is 0.253 e. The van der Waals surface area contributed by atoms with Gasteiger partial charge in [0.25, 0.3) is 5.56 Å². The summed E-state index contributed by atoms with van der Waals surface area (Å²) in [7, 11) is 0. The Morgan fingerprint density at radius 2 is 2.06 bits per heavy atom. The Morgan fingerprint density at radius 3 is 2.75 bits per heavy atom. The maximum absolute atomic E-state index is 12.0. The number of hydrogen-bond acceptors (Lipinski definition) is 2. The number of aryl methyl sites for hydroxylation is 2. The van der Waals surface area contributed by atoms with Crippen LogP contribution in [0.1, 0.15) is 18.9 Å². The van der Waals surface area contributed by atoms with E-state index in [4.69, 9.17) is 5.73 Å². The molecule has 0 saturated carbocycles. The Kier molecular flexibility index (Phi) is 2.69. The lowest BCUT2D eigenvalue weighted by Gasteiger charge is -2.10. The van der Waals surface area contributed by atoms with Crippen LogP contribution >= 0.6 is 0 Å². The summed E-state index contributed by atoms with van der Waals surface area (Å²) in [6.45, 7) is 4.66. The Hall–Kier alpha value is -1.77. The Balaban J connectivity index is 2.83. The standard InChI is InChI=1S/C13H16N2O/c1-3-6-15-12-5-4-11(14)8-10(12)7-9(2)13(15)16/h4-5,7-8H,3,6,14H2,1-2H3. The maximum Gasteiger partial charge on any atom is 0.253 e. The highest BCUT2D eigenvalue weighted by Gasteiger charge is 2.05. The molecule has 0 aliphatic carbocycles. The molecule has 0 radical (unpaired) electrons. The lowest BCUT2D eigenvalue weighted by Crippen LogP contribution is -2.22. The minimum Gasteiger partial charge on any atom is -0.399 e. The molecule has 0 fully saturated rings. The highest BCUT2D eigenvalue weighted by molar-refractivity contribution is 5.82. The molecule has 16 heavy (non-hydrogen) atoms. The van der Waals surface area contributed by atoms with Gasteiger partial charge in [0.1, 0.15) is 0 Å². The molecule has 0 atom stereocenters. The topological polar surface area (TPSA) is 48.0 Å². The number of anilines is 1. The van der Waals surface area contributed by atoms with Crippen LogP contribution in [-0.2, 0) is 6.54 Å². The van der Waals surface area contributed by atoms with Gasteiger partial charge in [-0.3, -0.25) is 4.79 Å².